The van der Waals surface area contributed by atoms with Crippen LogP contribution in [0.5, 0.6) is 0 Å². The number of piperazine rings is 1. The Morgan fingerprint density at radius 2 is 1.76 bits per heavy atom. The molecule has 2 heterocycles. The molecule has 0 bridgehead atoms. The van der Waals surface area contributed by atoms with Crippen LogP contribution in [0.2, 0.25) is 0 Å². The smallest absolute Gasteiger partial charge is 0.120 e. The van der Waals surface area contributed by atoms with Crippen LogP contribution >= 0.6 is 0 Å². The van der Waals surface area contributed by atoms with E-state index in [4.69, 9.17) is 4.42 Å². The van der Waals surface area contributed by atoms with Gasteiger partial charge in [-0.2, -0.15) is 0 Å². The van der Waals surface area contributed by atoms with Crippen LogP contribution in [0.3, 0.4) is 0 Å². The zero-order valence-electron chi connectivity index (χ0n) is 15.7. The lowest BCUT2D eigenvalue weighted by atomic mass is 10.0. The number of likely N-dealkylation sites (N-methyl/N-ethyl adjacent to an activating group) is 1. The van der Waals surface area contributed by atoms with Gasteiger partial charge in [0, 0.05) is 45.2 Å². The summed E-state index contributed by atoms with van der Waals surface area (Å²) in [5.41, 5.74) is 1.34. The van der Waals surface area contributed by atoms with Gasteiger partial charge in [0.15, 0.2) is 0 Å². The van der Waals surface area contributed by atoms with Gasteiger partial charge in [0.1, 0.15) is 11.5 Å². The molecule has 1 aromatic heterocycles. The number of benzene rings is 1. The molecule has 1 aromatic carbocycles. The molecule has 1 saturated heterocycles. The van der Waals surface area contributed by atoms with Gasteiger partial charge in [-0.3, -0.25) is 10.2 Å². The fourth-order valence-corrected chi connectivity index (χ4v) is 3.43. The predicted molar refractivity (Wildman–Crippen MR) is 103 cm³/mol. The Morgan fingerprint density at radius 1 is 1.04 bits per heavy atom. The number of rotatable bonds is 7. The van der Waals surface area contributed by atoms with Crippen LogP contribution in [0, 0.1) is 0 Å². The standard InChI is InChI=1S/C21H31N3O/c1-4-19-10-11-21(25-19)17(2)22-20(18-8-6-5-7-9-18)16-24-14-12-23(3)13-15-24/h5-11,17,20,22H,4,12-16H2,1-3H3/t17-,20+/m0/s1. The molecule has 0 saturated carbocycles. The third-order valence-corrected chi connectivity index (χ3v) is 5.15. The number of aryl methyl sites for hydroxylation is 1. The van der Waals surface area contributed by atoms with Gasteiger partial charge in [-0.15, -0.1) is 0 Å². The first-order valence-corrected chi connectivity index (χ1v) is 9.46. The number of hydrogen-bond acceptors (Lipinski definition) is 4. The topological polar surface area (TPSA) is 31.6 Å². The summed E-state index contributed by atoms with van der Waals surface area (Å²) < 4.78 is 5.95. The maximum atomic E-state index is 5.95. The minimum Gasteiger partial charge on any atom is -0.464 e. The fraction of sp³-hybridized carbons (Fsp3) is 0.524. The van der Waals surface area contributed by atoms with Crippen molar-refractivity contribution in [3.05, 3.63) is 59.5 Å². The maximum absolute atomic E-state index is 5.95. The average Bonchev–Trinajstić information content (AvgIpc) is 3.13. The lowest BCUT2D eigenvalue weighted by Crippen LogP contribution is -2.47. The Morgan fingerprint density at radius 3 is 2.40 bits per heavy atom. The Hall–Kier alpha value is -1.62. The molecular formula is C21H31N3O. The van der Waals surface area contributed by atoms with Gasteiger partial charge in [-0.25, -0.2) is 0 Å². The number of furan rings is 1. The Kier molecular flexibility index (Phi) is 6.29. The van der Waals surface area contributed by atoms with Gasteiger partial charge >= 0.3 is 0 Å². The minimum absolute atomic E-state index is 0.193. The van der Waals surface area contributed by atoms with Gasteiger partial charge in [-0.1, -0.05) is 37.3 Å². The van der Waals surface area contributed by atoms with Crippen molar-refractivity contribution < 1.29 is 4.42 Å². The quantitative estimate of drug-likeness (QED) is 0.835. The van der Waals surface area contributed by atoms with Crippen LogP contribution in [-0.4, -0.2) is 49.6 Å². The van der Waals surface area contributed by atoms with E-state index in [1.54, 1.807) is 0 Å². The summed E-state index contributed by atoms with van der Waals surface area (Å²) in [6.07, 6.45) is 0.941. The van der Waals surface area contributed by atoms with E-state index in [1.807, 2.05) is 0 Å². The lowest BCUT2D eigenvalue weighted by Gasteiger charge is -2.35. The molecule has 1 fully saturated rings. The first-order valence-electron chi connectivity index (χ1n) is 9.46. The van der Waals surface area contributed by atoms with Crippen LogP contribution in [0.15, 0.2) is 46.9 Å². The van der Waals surface area contributed by atoms with E-state index < -0.39 is 0 Å². The molecule has 4 nitrogen and oxygen atoms in total. The summed E-state index contributed by atoms with van der Waals surface area (Å²) in [4.78, 5) is 4.97. The molecule has 136 valence electrons. The van der Waals surface area contributed by atoms with Crippen molar-refractivity contribution >= 4 is 0 Å². The Bertz CT molecular complexity index is 632. The molecule has 3 rings (SSSR count). The first-order chi connectivity index (χ1) is 12.2. The van der Waals surface area contributed by atoms with Crippen molar-refractivity contribution in [1.29, 1.82) is 0 Å². The largest absolute Gasteiger partial charge is 0.464 e. The van der Waals surface area contributed by atoms with Gasteiger partial charge in [0.25, 0.3) is 0 Å². The van der Waals surface area contributed by atoms with E-state index in [2.05, 4.69) is 78.5 Å². The summed E-state index contributed by atoms with van der Waals surface area (Å²) in [7, 11) is 2.20. The zero-order valence-corrected chi connectivity index (χ0v) is 15.7. The normalized spacial score (nSPS) is 19.0. The SMILES string of the molecule is CCc1ccc([C@H](C)N[C@H](CN2CCN(C)CC2)c2ccccc2)o1. The second-order valence-corrected chi connectivity index (χ2v) is 7.11. The van der Waals surface area contributed by atoms with E-state index >= 15 is 0 Å². The molecule has 0 spiro atoms. The molecule has 4 heteroatoms. The first kappa shape index (κ1) is 18.2. The maximum Gasteiger partial charge on any atom is 0.120 e. The summed E-state index contributed by atoms with van der Waals surface area (Å²) >= 11 is 0. The van der Waals surface area contributed by atoms with Gasteiger partial charge < -0.3 is 9.32 Å². The molecular weight excluding hydrogens is 310 g/mol. The van der Waals surface area contributed by atoms with Crippen molar-refractivity contribution in [2.24, 2.45) is 0 Å². The Balaban J connectivity index is 1.69. The molecule has 2 atom stereocenters. The average molecular weight is 341 g/mol. The second-order valence-electron chi connectivity index (χ2n) is 7.11. The molecule has 0 aliphatic carbocycles. The van der Waals surface area contributed by atoms with Gasteiger partial charge in [-0.05, 0) is 31.7 Å². The summed E-state index contributed by atoms with van der Waals surface area (Å²) in [6.45, 7) is 9.92. The highest BCUT2D eigenvalue weighted by Gasteiger charge is 2.22. The van der Waals surface area contributed by atoms with Crippen molar-refractivity contribution in [3.8, 4) is 0 Å². The molecule has 1 N–H and O–H groups in total. The number of nitrogens with one attached hydrogen (secondary N) is 1. The van der Waals surface area contributed by atoms with Crippen LogP contribution in [-0.2, 0) is 6.42 Å². The third kappa shape index (κ3) is 4.94. The summed E-state index contributed by atoms with van der Waals surface area (Å²) in [6, 6.07) is 15.5. The molecule has 25 heavy (non-hydrogen) atoms. The zero-order chi connectivity index (χ0) is 17.6. The number of hydrogen-bond donors (Lipinski definition) is 1. The van der Waals surface area contributed by atoms with E-state index in [1.165, 1.54) is 5.56 Å². The van der Waals surface area contributed by atoms with Crippen LogP contribution in [0.1, 0.15) is 43.0 Å². The highest BCUT2D eigenvalue weighted by atomic mass is 16.3. The number of nitrogens with zero attached hydrogens (tertiary/aromatic N) is 2. The Labute approximate surface area is 151 Å². The molecule has 0 unspecified atom stereocenters. The van der Waals surface area contributed by atoms with E-state index in [0.717, 1.165) is 50.7 Å². The third-order valence-electron chi connectivity index (χ3n) is 5.15. The molecule has 1 aliphatic rings. The summed E-state index contributed by atoms with van der Waals surface area (Å²) in [5, 5.41) is 3.80. The highest BCUT2D eigenvalue weighted by molar-refractivity contribution is 5.20. The minimum atomic E-state index is 0.193. The van der Waals surface area contributed by atoms with Crippen molar-refractivity contribution in [1.82, 2.24) is 15.1 Å². The molecule has 0 amide bonds. The summed E-state index contributed by atoms with van der Waals surface area (Å²) in [5.74, 6) is 2.08. The monoisotopic (exact) mass is 341 g/mol. The second kappa shape index (κ2) is 8.65. The van der Waals surface area contributed by atoms with E-state index in [-0.39, 0.29) is 6.04 Å². The lowest BCUT2D eigenvalue weighted by molar-refractivity contribution is 0.139. The van der Waals surface area contributed by atoms with Gasteiger partial charge in [0.2, 0.25) is 0 Å². The predicted octanol–water partition coefficient (Wildman–Crippen LogP) is 3.48. The molecule has 1 aliphatic heterocycles. The van der Waals surface area contributed by atoms with E-state index in [0.29, 0.717) is 6.04 Å². The van der Waals surface area contributed by atoms with Crippen LogP contribution < -0.4 is 5.32 Å². The van der Waals surface area contributed by atoms with Crippen molar-refractivity contribution in [3.63, 3.8) is 0 Å². The van der Waals surface area contributed by atoms with Crippen molar-refractivity contribution in [2.75, 3.05) is 39.8 Å². The van der Waals surface area contributed by atoms with Crippen LogP contribution in [0.4, 0.5) is 0 Å². The van der Waals surface area contributed by atoms with Crippen molar-refractivity contribution in [2.45, 2.75) is 32.4 Å². The molecule has 2 aromatic rings. The van der Waals surface area contributed by atoms with Gasteiger partial charge in [0.05, 0.1) is 6.04 Å². The highest BCUT2D eigenvalue weighted by Crippen LogP contribution is 2.23. The van der Waals surface area contributed by atoms with Crippen LogP contribution in [0.25, 0.3) is 0 Å². The molecule has 0 radical (unpaired) electrons. The fourth-order valence-electron chi connectivity index (χ4n) is 3.43. The van der Waals surface area contributed by atoms with E-state index in [9.17, 15) is 0 Å².